The molecule has 0 aliphatic heterocycles. The van der Waals surface area contributed by atoms with Crippen LogP contribution in [0.15, 0.2) is 46.7 Å². The van der Waals surface area contributed by atoms with Crippen molar-refractivity contribution in [3.8, 4) is 6.01 Å². The van der Waals surface area contributed by atoms with Crippen molar-refractivity contribution in [3.63, 3.8) is 0 Å². The third-order valence-electron chi connectivity index (χ3n) is 3.17. The van der Waals surface area contributed by atoms with E-state index in [4.69, 9.17) is 4.74 Å². The van der Waals surface area contributed by atoms with Gasteiger partial charge in [-0.2, -0.15) is 15.0 Å². The molecule has 0 saturated carbocycles. The number of rotatable bonds is 7. The van der Waals surface area contributed by atoms with E-state index in [1.54, 1.807) is 4.72 Å². The Kier molecular flexibility index (Phi) is 6.30. The summed E-state index contributed by atoms with van der Waals surface area (Å²) < 4.78 is 56.2. The summed E-state index contributed by atoms with van der Waals surface area (Å²) in [6, 6.07) is 3.64. The zero-order chi connectivity index (χ0) is 20.9. The summed E-state index contributed by atoms with van der Waals surface area (Å²) in [6.45, 7) is 4.86. The number of nitrogens with one attached hydrogen (secondary N) is 2. The number of hydrogen-bond acceptors (Lipinski definition) is 9. The molecule has 0 spiro atoms. The first-order valence-electron chi connectivity index (χ1n) is 7.62. The number of hydrogen-bond donors (Lipinski definition) is 2. The third-order valence-corrected chi connectivity index (χ3v) is 6.39. The van der Waals surface area contributed by atoms with E-state index in [0.717, 1.165) is 18.2 Å². The van der Waals surface area contributed by atoms with Crippen LogP contribution >= 0.6 is 0 Å². The van der Waals surface area contributed by atoms with E-state index >= 15 is 0 Å². The summed E-state index contributed by atoms with van der Waals surface area (Å²) in [5, 5.41) is 2.13. The number of nitrogens with zero attached hydrogens (tertiary/aromatic N) is 3. The number of amides is 2. The highest BCUT2D eigenvalue weighted by atomic mass is 32.2. The zero-order valence-electron chi connectivity index (χ0n) is 14.9. The number of aromatic nitrogens is 3. The van der Waals surface area contributed by atoms with Crippen molar-refractivity contribution in [2.45, 2.75) is 16.7 Å². The zero-order valence-corrected chi connectivity index (χ0v) is 16.5. The van der Waals surface area contributed by atoms with Gasteiger partial charge in [0.1, 0.15) is 10.7 Å². The number of sulfone groups is 1. The Morgan fingerprint density at radius 2 is 1.79 bits per heavy atom. The molecule has 13 heteroatoms. The van der Waals surface area contributed by atoms with Crippen LogP contribution in [0.25, 0.3) is 0 Å². The van der Waals surface area contributed by atoms with Gasteiger partial charge in [0.05, 0.1) is 17.8 Å². The highest BCUT2D eigenvalue weighted by Gasteiger charge is 2.27. The van der Waals surface area contributed by atoms with Gasteiger partial charge in [-0.05, 0) is 19.1 Å². The van der Waals surface area contributed by atoms with Gasteiger partial charge < -0.3 is 4.74 Å². The molecular weight excluding hydrogens is 410 g/mol. The molecule has 0 atom stereocenters. The van der Waals surface area contributed by atoms with Crippen LogP contribution in [0.1, 0.15) is 5.82 Å². The van der Waals surface area contributed by atoms with Gasteiger partial charge in [0.15, 0.2) is 9.84 Å². The van der Waals surface area contributed by atoms with Gasteiger partial charge in [0, 0.05) is 0 Å². The number of benzene rings is 1. The number of aryl methyl sites for hydroxylation is 1. The number of carbonyl (C=O) groups is 1. The van der Waals surface area contributed by atoms with Gasteiger partial charge in [-0.15, -0.1) is 6.58 Å². The minimum absolute atomic E-state index is 0.0773. The lowest BCUT2D eigenvalue weighted by atomic mass is 10.4. The summed E-state index contributed by atoms with van der Waals surface area (Å²) >= 11 is 0. The van der Waals surface area contributed by atoms with Crippen LogP contribution in [0, 0.1) is 6.92 Å². The third kappa shape index (κ3) is 5.01. The molecule has 0 aliphatic carbocycles. The molecule has 0 fully saturated rings. The van der Waals surface area contributed by atoms with E-state index in [9.17, 15) is 21.6 Å². The van der Waals surface area contributed by atoms with E-state index in [-0.39, 0.29) is 17.8 Å². The largest absolute Gasteiger partial charge is 0.467 e. The number of ether oxygens (including phenoxy) is 1. The van der Waals surface area contributed by atoms with E-state index in [2.05, 4.69) is 26.8 Å². The van der Waals surface area contributed by atoms with Crippen LogP contribution in [0.4, 0.5) is 10.7 Å². The highest BCUT2D eigenvalue weighted by Crippen LogP contribution is 2.22. The van der Waals surface area contributed by atoms with Gasteiger partial charge in [0.2, 0.25) is 5.95 Å². The molecule has 0 saturated heterocycles. The van der Waals surface area contributed by atoms with Crippen molar-refractivity contribution in [2.24, 2.45) is 0 Å². The van der Waals surface area contributed by atoms with E-state index in [1.165, 1.54) is 26.2 Å². The van der Waals surface area contributed by atoms with Crippen molar-refractivity contribution in [3.05, 3.63) is 42.7 Å². The Balaban J connectivity index is 2.31. The number of urea groups is 1. The maximum Gasteiger partial charge on any atom is 0.335 e. The SMILES string of the molecule is C=CCS(=O)(=O)c1ccccc1S(=O)(=O)NC(=O)Nc1nc(C)nc(OC)n1. The van der Waals surface area contributed by atoms with Crippen LogP contribution in [-0.2, 0) is 19.9 Å². The molecular formula is C15H17N5O6S2. The molecule has 28 heavy (non-hydrogen) atoms. The first-order chi connectivity index (χ1) is 13.1. The average Bonchev–Trinajstić information content (AvgIpc) is 2.60. The molecule has 1 heterocycles. The van der Waals surface area contributed by atoms with Gasteiger partial charge in [-0.25, -0.2) is 26.4 Å². The average molecular weight is 427 g/mol. The Labute approximate surface area is 161 Å². The van der Waals surface area contributed by atoms with E-state index < -0.39 is 41.4 Å². The second kappa shape index (κ2) is 8.31. The molecule has 0 bridgehead atoms. The second-order valence-corrected chi connectivity index (χ2v) is 8.92. The van der Waals surface area contributed by atoms with Crippen molar-refractivity contribution < 1.29 is 26.4 Å². The van der Waals surface area contributed by atoms with Crippen LogP contribution in [0.3, 0.4) is 0 Å². The Hall–Kier alpha value is -3.06. The maximum absolute atomic E-state index is 12.6. The molecule has 1 aromatic heterocycles. The number of anilines is 1. The number of carbonyl (C=O) groups excluding carboxylic acids is 1. The molecule has 150 valence electrons. The molecule has 2 rings (SSSR count). The normalized spacial score (nSPS) is 11.5. The van der Waals surface area contributed by atoms with Crippen molar-refractivity contribution in [1.29, 1.82) is 0 Å². The lowest BCUT2D eigenvalue weighted by Crippen LogP contribution is -2.35. The highest BCUT2D eigenvalue weighted by molar-refractivity contribution is 7.94. The molecule has 2 N–H and O–H groups in total. The fourth-order valence-corrected chi connectivity index (χ4v) is 4.94. The molecule has 2 aromatic rings. The van der Waals surface area contributed by atoms with Crippen molar-refractivity contribution >= 4 is 31.8 Å². The predicted octanol–water partition coefficient (Wildman–Crippen LogP) is 0.659. The Morgan fingerprint density at radius 3 is 2.39 bits per heavy atom. The van der Waals surface area contributed by atoms with E-state index in [0.29, 0.717) is 0 Å². The molecule has 1 aromatic carbocycles. The smallest absolute Gasteiger partial charge is 0.335 e. The van der Waals surface area contributed by atoms with Gasteiger partial charge >= 0.3 is 12.0 Å². The van der Waals surface area contributed by atoms with E-state index in [1.807, 2.05) is 0 Å². The summed E-state index contributed by atoms with van der Waals surface area (Å²) in [7, 11) is -7.16. The first-order valence-corrected chi connectivity index (χ1v) is 10.8. The summed E-state index contributed by atoms with van der Waals surface area (Å²) in [5.41, 5.74) is 0. The maximum atomic E-state index is 12.6. The second-order valence-electron chi connectivity index (χ2n) is 5.27. The van der Waals surface area contributed by atoms with Crippen LogP contribution in [0.5, 0.6) is 6.01 Å². The first kappa shape index (κ1) is 21.2. The minimum Gasteiger partial charge on any atom is -0.467 e. The molecule has 0 unspecified atom stereocenters. The van der Waals surface area contributed by atoms with Crippen LogP contribution in [-0.4, -0.2) is 50.7 Å². The summed E-state index contributed by atoms with van der Waals surface area (Å²) in [6.07, 6.45) is 1.13. The standard InChI is InChI=1S/C15H17N5O6S2/c1-4-9-27(22,23)11-7-5-6-8-12(11)28(24,25)20-14(21)18-13-16-10(2)17-15(19-13)26-3/h4-8H,1,9H2,2-3H3,(H2,16,17,18,19,20,21). The summed E-state index contributed by atoms with van der Waals surface area (Å²) in [4.78, 5) is 22.5. The van der Waals surface area contributed by atoms with Crippen LogP contribution < -0.4 is 14.8 Å². The van der Waals surface area contributed by atoms with Crippen molar-refractivity contribution in [2.75, 3.05) is 18.2 Å². The fourth-order valence-electron chi connectivity index (χ4n) is 2.08. The molecule has 0 radical (unpaired) electrons. The monoisotopic (exact) mass is 427 g/mol. The van der Waals surface area contributed by atoms with Gasteiger partial charge in [-0.3, -0.25) is 5.32 Å². The van der Waals surface area contributed by atoms with Gasteiger partial charge in [0.25, 0.3) is 10.0 Å². The molecule has 11 nitrogen and oxygen atoms in total. The topological polar surface area (TPSA) is 157 Å². The fraction of sp³-hybridized carbons (Fsp3) is 0.200. The lowest BCUT2D eigenvalue weighted by Gasteiger charge is -2.12. The molecule has 2 amide bonds. The summed E-state index contributed by atoms with van der Waals surface area (Å²) in [5.74, 6) is -0.481. The number of sulfonamides is 1. The molecule has 0 aliphatic rings. The van der Waals surface area contributed by atoms with Gasteiger partial charge in [-0.1, -0.05) is 18.2 Å². The lowest BCUT2D eigenvalue weighted by molar-refractivity contribution is 0.256. The minimum atomic E-state index is -4.52. The number of methoxy groups -OCH3 is 1. The Morgan fingerprint density at radius 1 is 1.14 bits per heavy atom. The quantitative estimate of drug-likeness (QED) is 0.605. The van der Waals surface area contributed by atoms with Crippen LogP contribution in [0.2, 0.25) is 0 Å². The predicted molar refractivity (Wildman–Crippen MR) is 99.1 cm³/mol. The Bertz CT molecular complexity index is 1120. The van der Waals surface area contributed by atoms with Crippen molar-refractivity contribution in [1.82, 2.24) is 19.7 Å².